The van der Waals surface area contributed by atoms with Crippen LogP contribution in [0.4, 0.5) is 16.2 Å². The van der Waals surface area contributed by atoms with Gasteiger partial charge in [-0.1, -0.05) is 98.8 Å². The second-order valence-corrected chi connectivity index (χ2v) is 12.8. The van der Waals surface area contributed by atoms with Crippen LogP contribution in [0, 0.1) is 0 Å². The molecule has 2 unspecified atom stereocenters. The van der Waals surface area contributed by atoms with E-state index in [9.17, 15) is 21.6 Å². The van der Waals surface area contributed by atoms with Crippen LogP contribution in [0.15, 0.2) is 109 Å². The monoisotopic (exact) mass is 608 g/mol. The zero-order valence-electron chi connectivity index (χ0n) is 23.1. The van der Waals surface area contributed by atoms with Gasteiger partial charge in [0.2, 0.25) is 0 Å². The number of benzene rings is 4. The first-order valence-corrected chi connectivity index (χ1v) is 16.3. The van der Waals surface area contributed by atoms with Gasteiger partial charge in [-0.2, -0.15) is 16.8 Å². The van der Waals surface area contributed by atoms with E-state index in [-0.39, 0.29) is 35.7 Å². The van der Waals surface area contributed by atoms with Gasteiger partial charge >= 0.3 is 26.3 Å². The molecule has 0 aliphatic heterocycles. The molecule has 9 nitrogen and oxygen atoms in total. The van der Waals surface area contributed by atoms with Crippen molar-refractivity contribution in [1.82, 2.24) is 0 Å². The smallest absolute Gasteiger partial charge is 0.323 e. The Labute approximate surface area is 246 Å². The van der Waals surface area contributed by atoms with Crippen LogP contribution in [0.25, 0.3) is 0 Å². The minimum atomic E-state index is -4.11. The summed E-state index contributed by atoms with van der Waals surface area (Å²) in [6, 6.07) is 29.0. The van der Waals surface area contributed by atoms with Crippen molar-refractivity contribution in [1.29, 1.82) is 0 Å². The number of amides is 2. The third-order valence-corrected chi connectivity index (χ3v) is 9.89. The van der Waals surface area contributed by atoms with E-state index < -0.39 is 36.8 Å². The maximum atomic E-state index is 13.2. The molecule has 0 bridgehead atoms. The number of hydrogen-bond acceptors (Lipinski definition) is 7. The first-order valence-electron chi connectivity index (χ1n) is 13.4. The Kier molecular flexibility index (Phi) is 9.87. The molecule has 0 saturated heterocycles. The summed E-state index contributed by atoms with van der Waals surface area (Å²) in [6.07, 6.45) is 0.566. The van der Waals surface area contributed by atoms with Crippen molar-refractivity contribution in [2.45, 2.75) is 37.2 Å². The first kappa shape index (κ1) is 30.6. The molecule has 220 valence electrons. The fraction of sp³-hybridized carbons (Fsp3) is 0.194. The van der Waals surface area contributed by atoms with E-state index in [4.69, 9.17) is 8.37 Å². The molecular formula is C31H32N2O7S2. The van der Waals surface area contributed by atoms with E-state index in [2.05, 4.69) is 10.6 Å². The van der Waals surface area contributed by atoms with E-state index in [1.807, 2.05) is 0 Å². The van der Waals surface area contributed by atoms with Gasteiger partial charge in [0.15, 0.2) is 11.5 Å². The Morgan fingerprint density at radius 2 is 0.905 bits per heavy atom. The number of rotatable bonds is 12. The lowest BCUT2D eigenvalue weighted by Gasteiger charge is -2.19. The van der Waals surface area contributed by atoms with Crippen LogP contribution in [0.5, 0.6) is 11.5 Å². The highest BCUT2D eigenvalue weighted by Crippen LogP contribution is 2.34. The minimum Gasteiger partial charge on any atom is -0.380 e. The van der Waals surface area contributed by atoms with E-state index in [1.165, 1.54) is 24.3 Å². The van der Waals surface area contributed by atoms with Crippen molar-refractivity contribution in [2.75, 3.05) is 10.6 Å². The Balaban J connectivity index is 1.51. The molecule has 0 aromatic heterocycles. The largest absolute Gasteiger partial charge is 0.380 e. The molecule has 0 aliphatic carbocycles. The average Bonchev–Trinajstić information content (AvgIpc) is 2.96. The van der Waals surface area contributed by atoms with Crippen molar-refractivity contribution < 1.29 is 30.0 Å². The van der Waals surface area contributed by atoms with Gasteiger partial charge in [-0.05, 0) is 48.2 Å². The van der Waals surface area contributed by atoms with Gasteiger partial charge in [-0.25, -0.2) is 4.79 Å². The molecule has 11 heteroatoms. The molecule has 2 atom stereocenters. The van der Waals surface area contributed by atoms with Gasteiger partial charge in [0.05, 0.1) is 11.4 Å². The van der Waals surface area contributed by atoms with E-state index in [1.54, 1.807) is 98.8 Å². The molecule has 2 amide bonds. The fourth-order valence-corrected chi connectivity index (χ4v) is 7.30. The van der Waals surface area contributed by atoms with Crippen molar-refractivity contribution in [2.24, 2.45) is 0 Å². The number of urea groups is 1. The van der Waals surface area contributed by atoms with E-state index >= 15 is 0 Å². The Morgan fingerprint density at radius 1 is 0.571 bits per heavy atom. The van der Waals surface area contributed by atoms with Crippen LogP contribution in [0.1, 0.15) is 48.3 Å². The molecular weight excluding hydrogens is 576 g/mol. The van der Waals surface area contributed by atoms with Crippen LogP contribution < -0.4 is 19.0 Å². The third-order valence-electron chi connectivity index (χ3n) is 6.46. The molecule has 4 rings (SSSR count). The first-order chi connectivity index (χ1) is 20.1. The quantitative estimate of drug-likeness (QED) is 0.165. The molecule has 0 radical (unpaired) electrons. The number of para-hydroxylation sites is 4. The molecule has 0 fully saturated rings. The molecule has 2 N–H and O–H groups in total. The predicted octanol–water partition coefficient (Wildman–Crippen LogP) is 7.05. The van der Waals surface area contributed by atoms with Gasteiger partial charge in [0, 0.05) is 0 Å². The van der Waals surface area contributed by atoms with Gasteiger partial charge in [-0.3, -0.25) is 0 Å². The molecule has 0 aliphatic rings. The van der Waals surface area contributed by atoms with Crippen LogP contribution in [0.3, 0.4) is 0 Å². The molecule has 4 aromatic rings. The summed E-state index contributed by atoms with van der Waals surface area (Å²) in [5, 5.41) is 3.35. The summed E-state index contributed by atoms with van der Waals surface area (Å²) < 4.78 is 63.8. The van der Waals surface area contributed by atoms with Crippen molar-refractivity contribution in [3.8, 4) is 11.5 Å². The van der Waals surface area contributed by atoms with Crippen molar-refractivity contribution in [3.63, 3.8) is 0 Å². The predicted molar refractivity (Wildman–Crippen MR) is 164 cm³/mol. The van der Waals surface area contributed by atoms with Crippen molar-refractivity contribution >= 4 is 37.6 Å². The summed E-state index contributed by atoms with van der Waals surface area (Å²) >= 11 is 0. The fourth-order valence-electron chi connectivity index (χ4n) is 4.48. The minimum absolute atomic E-state index is 0.0669. The topological polar surface area (TPSA) is 128 Å². The number of carbonyl (C=O) groups excluding carboxylic acids is 1. The Bertz CT molecular complexity index is 1590. The number of nitrogens with one attached hydrogen (secondary N) is 2. The second kappa shape index (κ2) is 13.5. The highest BCUT2D eigenvalue weighted by molar-refractivity contribution is 7.87. The van der Waals surface area contributed by atoms with E-state index in [0.29, 0.717) is 11.1 Å². The molecule has 0 heterocycles. The Hall–Kier alpha value is -4.35. The van der Waals surface area contributed by atoms with Gasteiger partial charge < -0.3 is 19.0 Å². The summed E-state index contributed by atoms with van der Waals surface area (Å²) in [5.41, 5.74) is 1.38. The lowest BCUT2D eigenvalue weighted by atomic mass is 10.1. The summed E-state index contributed by atoms with van der Waals surface area (Å²) in [5.74, 6) is -0.134. The zero-order chi connectivity index (χ0) is 30.2. The number of anilines is 2. The van der Waals surface area contributed by atoms with Crippen LogP contribution in [0.2, 0.25) is 0 Å². The molecule has 0 spiro atoms. The van der Waals surface area contributed by atoms with Gasteiger partial charge in [0.1, 0.15) is 10.5 Å². The van der Waals surface area contributed by atoms with Gasteiger partial charge in [-0.15, -0.1) is 0 Å². The lowest BCUT2D eigenvalue weighted by Crippen LogP contribution is -2.23. The zero-order valence-corrected chi connectivity index (χ0v) is 24.8. The Morgan fingerprint density at radius 3 is 1.26 bits per heavy atom. The standard InChI is InChI=1S/C31H32N2O7S2/c1-3-29(23-15-7-5-8-16-23)41(35,36)39-27-21-13-11-19-25(27)32-31(34)33-26-20-12-14-22-28(26)40-42(37,38)30(4-2)24-17-9-6-10-18-24/h5-22,29-30H,3-4H2,1-2H3,(H2,32,33,34). The second-order valence-electron chi connectivity index (χ2n) is 9.34. The highest BCUT2D eigenvalue weighted by atomic mass is 32.2. The summed E-state index contributed by atoms with van der Waals surface area (Å²) in [6.45, 7) is 3.50. The SMILES string of the molecule is CCC(c1ccccc1)S(=O)(=O)Oc1ccccc1NC(=O)Nc1ccccc1OS(=O)(=O)C(CC)c1ccccc1. The van der Waals surface area contributed by atoms with Gasteiger partial charge in [0.25, 0.3) is 0 Å². The average molecular weight is 609 g/mol. The van der Waals surface area contributed by atoms with Crippen LogP contribution in [-0.2, 0) is 20.2 Å². The number of carbonyl (C=O) groups is 1. The normalized spacial score (nSPS) is 13.0. The number of hydrogen-bond donors (Lipinski definition) is 2. The van der Waals surface area contributed by atoms with E-state index in [0.717, 1.165) is 0 Å². The molecule has 4 aromatic carbocycles. The summed E-state index contributed by atoms with van der Waals surface area (Å²) in [4.78, 5) is 13.0. The molecule has 42 heavy (non-hydrogen) atoms. The van der Waals surface area contributed by atoms with Crippen molar-refractivity contribution in [3.05, 3.63) is 120 Å². The molecule has 0 saturated carbocycles. The summed E-state index contributed by atoms with van der Waals surface area (Å²) in [7, 11) is -8.23. The van der Waals surface area contributed by atoms with Crippen LogP contribution in [-0.4, -0.2) is 22.9 Å². The maximum Gasteiger partial charge on any atom is 0.323 e. The highest BCUT2D eigenvalue weighted by Gasteiger charge is 2.30. The maximum absolute atomic E-state index is 13.2. The third kappa shape index (κ3) is 7.48. The van der Waals surface area contributed by atoms with Crippen LogP contribution >= 0.6 is 0 Å². The lowest BCUT2D eigenvalue weighted by molar-refractivity contribution is 0.262.